The highest BCUT2D eigenvalue weighted by Crippen LogP contribution is 2.26. The molecule has 5 rings (SSSR count). The summed E-state index contributed by atoms with van der Waals surface area (Å²) in [5, 5.41) is 3.70. The van der Waals surface area contributed by atoms with Crippen LogP contribution in [0.4, 0.5) is 4.39 Å². The van der Waals surface area contributed by atoms with Crippen molar-refractivity contribution in [2.75, 3.05) is 0 Å². The number of carbonyl (C=O) groups excluding carboxylic acids is 1. The molecule has 1 aliphatic rings. The number of nitrogens with one attached hydrogen (secondary N) is 1. The third kappa shape index (κ3) is 1.96. The summed E-state index contributed by atoms with van der Waals surface area (Å²) in [5.74, 6) is -0.708. The van der Waals surface area contributed by atoms with E-state index in [2.05, 4.69) is 15.3 Å². The zero-order chi connectivity index (χ0) is 16.3. The lowest BCUT2D eigenvalue weighted by atomic mass is 10.2. The predicted molar refractivity (Wildman–Crippen MR) is 88.4 cm³/mol. The molecule has 4 aromatic rings. The van der Waals surface area contributed by atoms with Crippen LogP contribution in [0.15, 0.2) is 42.5 Å². The Morgan fingerprint density at radius 2 is 1.96 bits per heavy atom. The topological polar surface area (TPSA) is 59.3 Å². The van der Waals surface area contributed by atoms with Gasteiger partial charge in [-0.3, -0.25) is 9.20 Å². The van der Waals surface area contributed by atoms with E-state index in [1.54, 1.807) is 16.5 Å². The van der Waals surface area contributed by atoms with Crippen LogP contribution in [0.1, 0.15) is 23.2 Å². The molecule has 3 aromatic heterocycles. The van der Waals surface area contributed by atoms with Crippen LogP contribution in [-0.2, 0) is 0 Å². The van der Waals surface area contributed by atoms with Gasteiger partial charge in [0.1, 0.15) is 5.65 Å². The molecule has 1 amide bonds. The first-order chi connectivity index (χ1) is 11.7. The quantitative estimate of drug-likeness (QED) is 0.578. The van der Waals surface area contributed by atoms with Crippen molar-refractivity contribution in [1.82, 2.24) is 19.7 Å². The predicted octanol–water partition coefficient (Wildman–Crippen LogP) is 3.07. The summed E-state index contributed by atoms with van der Waals surface area (Å²) in [4.78, 5) is 21.2. The Balaban J connectivity index is 1.90. The minimum Gasteiger partial charge on any atom is -0.349 e. The van der Waals surface area contributed by atoms with E-state index in [1.807, 2.05) is 24.3 Å². The third-order valence-corrected chi connectivity index (χ3v) is 4.34. The summed E-state index contributed by atoms with van der Waals surface area (Å²) in [5.41, 5.74) is 2.99. The highest BCUT2D eigenvalue weighted by molar-refractivity contribution is 6.05. The number of fused-ring (bicyclic) bond motifs is 5. The van der Waals surface area contributed by atoms with Gasteiger partial charge in [-0.1, -0.05) is 12.1 Å². The molecule has 0 spiro atoms. The van der Waals surface area contributed by atoms with E-state index in [9.17, 15) is 9.18 Å². The number of imidazole rings is 1. The van der Waals surface area contributed by atoms with Gasteiger partial charge < -0.3 is 5.32 Å². The van der Waals surface area contributed by atoms with E-state index in [0.29, 0.717) is 22.2 Å². The first-order valence-corrected chi connectivity index (χ1v) is 7.88. The summed E-state index contributed by atoms with van der Waals surface area (Å²) in [7, 11) is 0. The van der Waals surface area contributed by atoms with Crippen molar-refractivity contribution in [1.29, 1.82) is 0 Å². The minimum absolute atomic E-state index is 0.149. The second-order valence-electron chi connectivity index (χ2n) is 6.11. The summed E-state index contributed by atoms with van der Waals surface area (Å²) >= 11 is 0. The Morgan fingerprint density at radius 3 is 2.79 bits per heavy atom. The average molecular weight is 320 g/mol. The molecular formula is C18H13FN4O. The maximum absolute atomic E-state index is 13.7. The van der Waals surface area contributed by atoms with Crippen LogP contribution in [0.25, 0.3) is 27.7 Å². The molecule has 0 saturated heterocycles. The number of amides is 1. The average Bonchev–Trinajstić information content (AvgIpc) is 3.30. The van der Waals surface area contributed by atoms with Crippen molar-refractivity contribution in [2.45, 2.75) is 18.9 Å². The fourth-order valence-corrected chi connectivity index (χ4v) is 3.03. The summed E-state index contributed by atoms with van der Waals surface area (Å²) in [6.45, 7) is 0. The minimum atomic E-state index is -0.559. The van der Waals surface area contributed by atoms with Crippen molar-refractivity contribution >= 4 is 33.6 Å². The summed E-state index contributed by atoms with van der Waals surface area (Å²) in [6.07, 6.45) is 2.03. The van der Waals surface area contributed by atoms with Gasteiger partial charge in [0.25, 0.3) is 5.91 Å². The number of aromatic nitrogens is 3. The Kier molecular flexibility index (Phi) is 2.65. The maximum atomic E-state index is 13.7. The first-order valence-electron chi connectivity index (χ1n) is 7.88. The van der Waals surface area contributed by atoms with E-state index >= 15 is 0 Å². The Bertz CT molecular complexity index is 1130. The molecule has 1 aliphatic carbocycles. The lowest BCUT2D eigenvalue weighted by molar-refractivity contribution is 0.0952. The van der Waals surface area contributed by atoms with E-state index in [-0.39, 0.29) is 11.9 Å². The van der Waals surface area contributed by atoms with Crippen LogP contribution < -0.4 is 5.32 Å². The number of carbonyl (C=O) groups is 1. The van der Waals surface area contributed by atoms with Crippen LogP contribution >= 0.6 is 0 Å². The molecule has 0 aliphatic heterocycles. The molecule has 6 heteroatoms. The molecule has 0 atom stereocenters. The van der Waals surface area contributed by atoms with Crippen molar-refractivity contribution in [2.24, 2.45) is 0 Å². The SMILES string of the molecule is O=C(NC1CC1)c1cc2ccc(F)nc2n2c1nc1ccccc12. The van der Waals surface area contributed by atoms with Gasteiger partial charge in [-0.25, -0.2) is 9.97 Å². The van der Waals surface area contributed by atoms with Crippen molar-refractivity contribution in [3.8, 4) is 0 Å². The fourth-order valence-electron chi connectivity index (χ4n) is 3.03. The highest BCUT2D eigenvalue weighted by Gasteiger charge is 2.26. The first kappa shape index (κ1) is 13.4. The molecule has 5 nitrogen and oxygen atoms in total. The van der Waals surface area contributed by atoms with Gasteiger partial charge in [0.05, 0.1) is 16.6 Å². The van der Waals surface area contributed by atoms with Crippen LogP contribution in [0.2, 0.25) is 0 Å². The standard InChI is InChI=1S/C18H13FN4O/c19-15-8-5-10-9-12(18(24)20-11-6-7-11)17-21-13-3-1-2-4-14(13)23(17)16(10)22-15/h1-5,8-9,11H,6-7H2,(H,20,24). The number of rotatable bonds is 2. The molecule has 0 unspecified atom stereocenters. The van der Waals surface area contributed by atoms with Gasteiger partial charge in [-0.05, 0) is 43.2 Å². The molecule has 0 radical (unpaired) electrons. The van der Waals surface area contributed by atoms with Crippen LogP contribution in [0.5, 0.6) is 0 Å². The van der Waals surface area contributed by atoms with E-state index < -0.39 is 5.95 Å². The van der Waals surface area contributed by atoms with Gasteiger partial charge in [0.2, 0.25) is 5.95 Å². The molecule has 1 fully saturated rings. The smallest absolute Gasteiger partial charge is 0.255 e. The van der Waals surface area contributed by atoms with Crippen molar-refractivity contribution in [3.63, 3.8) is 0 Å². The number of para-hydroxylation sites is 2. The van der Waals surface area contributed by atoms with Gasteiger partial charge in [0, 0.05) is 11.4 Å². The van der Waals surface area contributed by atoms with E-state index in [1.165, 1.54) is 6.07 Å². The monoisotopic (exact) mass is 320 g/mol. The van der Waals surface area contributed by atoms with Gasteiger partial charge in [-0.15, -0.1) is 0 Å². The van der Waals surface area contributed by atoms with E-state index in [0.717, 1.165) is 23.9 Å². The second kappa shape index (κ2) is 4.74. The maximum Gasteiger partial charge on any atom is 0.255 e. The highest BCUT2D eigenvalue weighted by atomic mass is 19.1. The molecule has 1 N–H and O–H groups in total. The Labute approximate surface area is 136 Å². The van der Waals surface area contributed by atoms with Crippen molar-refractivity contribution in [3.05, 3.63) is 54.0 Å². The van der Waals surface area contributed by atoms with Crippen LogP contribution in [0.3, 0.4) is 0 Å². The number of hydrogen-bond acceptors (Lipinski definition) is 3. The van der Waals surface area contributed by atoms with Crippen LogP contribution in [-0.4, -0.2) is 26.3 Å². The lowest BCUT2D eigenvalue weighted by Gasteiger charge is -2.08. The molecule has 0 bridgehead atoms. The number of benzene rings is 1. The molecule has 118 valence electrons. The molecule has 1 aromatic carbocycles. The van der Waals surface area contributed by atoms with Gasteiger partial charge in [-0.2, -0.15) is 4.39 Å². The number of halogens is 1. The van der Waals surface area contributed by atoms with Crippen molar-refractivity contribution < 1.29 is 9.18 Å². The number of hydrogen-bond donors (Lipinski definition) is 1. The zero-order valence-electron chi connectivity index (χ0n) is 12.7. The normalized spacial score (nSPS) is 14.5. The number of nitrogens with zero attached hydrogens (tertiary/aromatic N) is 3. The summed E-state index contributed by atoms with van der Waals surface area (Å²) in [6, 6.07) is 12.5. The van der Waals surface area contributed by atoms with E-state index in [4.69, 9.17) is 0 Å². The fraction of sp³-hybridized carbons (Fsp3) is 0.167. The van der Waals surface area contributed by atoms with Crippen LogP contribution in [0, 0.1) is 5.95 Å². The number of pyridine rings is 2. The Morgan fingerprint density at radius 1 is 1.12 bits per heavy atom. The molecular weight excluding hydrogens is 307 g/mol. The Hall–Kier alpha value is -3.02. The second-order valence-corrected chi connectivity index (χ2v) is 6.11. The largest absolute Gasteiger partial charge is 0.349 e. The summed E-state index contributed by atoms with van der Waals surface area (Å²) < 4.78 is 15.4. The van der Waals surface area contributed by atoms with Gasteiger partial charge in [0.15, 0.2) is 5.65 Å². The molecule has 1 saturated carbocycles. The van der Waals surface area contributed by atoms with Gasteiger partial charge >= 0.3 is 0 Å². The molecule has 3 heterocycles. The third-order valence-electron chi connectivity index (χ3n) is 4.34. The molecule has 24 heavy (non-hydrogen) atoms. The lowest BCUT2D eigenvalue weighted by Crippen LogP contribution is -2.26. The zero-order valence-corrected chi connectivity index (χ0v) is 12.7.